The summed E-state index contributed by atoms with van der Waals surface area (Å²) in [5, 5.41) is 0. The van der Waals surface area contributed by atoms with Gasteiger partial charge in [-0.15, -0.1) is 0 Å². The van der Waals surface area contributed by atoms with Crippen LogP contribution in [-0.4, -0.2) is 73.2 Å². The molecule has 1 saturated carbocycles. The Bertz CT molecular complexity index is 1290. The number of aryl methyl sites for hydroxylation is 1. The van der Waals surface area contributed by atoms with Gasteiger partial charge in [0.1, 0.15) is 6.10 Å². The fraction of sp³-hybridized carbons (Fsp3) is 0.571. The Morgan fingerprint density at radius 1 is 1.11 bits per heavy atom. The summed E-state index contributed by atoms with van der Waals surface area (Å²) in [5.41, 5.74) is 7.86. The summed E-state index contributed by atoms with van der Waals surface area (Å²) >= 11 is 0. The van der Waals surface area contributed by atoms with Crippen LogP contribution >= 0.6 is 0 Å². The molecule has 9 nitrogen and oxygen atoms in total. The van der Waals surface area contributed by atoms with Gasteiger partial charge in [-0.3, -0.25) is 14.3 Å². The van der Waals surface area contributed by atoms with E-state index in [2.05, 4.69) is 44.6 Å². The SMILES string of the molecule is Cc1ccc2c(c1)nc(OC1CCC1)n2C1CCN(C(=O)C2(F)CCN(Cc3cnc(N)nc3)CC2)CC1. The number of nitrogens with two attached hydrogens (primary N) is 1. The number of aromatic nitrogens is 4. The molecule has 2 aliphatic heterocycles. The number of benzene rings is 1. The van der Waals surface area contributed by atoms with Crippen molar-refractivity contribution in [3.8, 4) is 6.01 Å². The lowest BCUT2D eigenvalue weighted by molar-refractivity contribution is -0.148. The van der Waals surface area contributed by atoms with Crippen molar-refractivity contribution < 1.29 is 13.9 Å². The normalized spacial score (nSPS) is 20.9. The number of carbonyl (C=O) groups is 1. The largest absolute Gasteiger partial charge is 0.461 e. The molecule has 1 amide bonds. The summed E-state index contributed by atoms with van der Waals surface area (Å²) in [5.74, 6) is -0.119. The number of imidazole rings is 1. The molecule has 2 saturated heterocycles. The molecule has 3 fully saturated rings. The average Bonchev–Trinajstić information content (AvgIpc) is 3.25. The van der Waals surface area contributed by atoms with E-state index in [4.69, 9.17) is 15.5 Å². The number of fused-ring (bicyclic) bond motifs is 1. The molecule has 2 aromatic heterocycles. The number of rotatable bonds is 6. The van der Waals surface area contributed by atoms with Gasteiger partial charge in [-0.05, 0) is 56.7 Å². The van der Waals surface area contributed by atoms with Crippen molar-refractivity contribution in [1.29, 1.82) is 0 Å². The van der Waals surface area contributed by atoms with Crippen molar-refractivity contribution in [3.05, 3.63) is 41.7 Å². The number of carbonyl (C=O) groups excluding carboxylic acids is 1. The molecule has 0 spiro atoms. The molecule has 0 atom stereocenters. The molecule has 202 valence electrons. The number of anilines is 1. The highest BCUT2D eigenvalue weighted by atomic mass is 19.1. The molecular weight excluding hydrogens is 485 g/mol. The number of halogens is 1. The number of alkyl halides is 1. The van der Waals surface area contributed by atoms with Crippen LogP contribution in [0.5, 0.6) is 6.01 Å². The lowest BCUT2D eigenvalue weighted by Crippen LogP contribution is -2.53. The third-order valence-electron chi connectivity index (χ3n) is 8.42. The van der Waals surface area contributed by atoms with Gasteiger partial charge in [0, 0.05) is 69.6 Å². The maximum atomic E-state index is 15.9. The predicted molar refractivity (Wildman–Crippen MR) is 142 cm³/mol. The quantitative estimate of drug-likeness (QED) is 0.526. The summed E-state index contributed by atoms with van der Waals surface area (Å²) < 4.78 is 24.4. The van der Waals surface area contributed by atoms with Crippen molar-refractivity contribution in [1.82, 2.24) is 29.3 Å². The summed E-state index contributed by atoms with van der Waals surface area (Å²) in [7, 11) is 0. The zero-order valence-corrected chi connectivity index (χ0v) is 22.0. The van der Waals surface area contributed by atoms with Gasteiger partial charge in [0.15, 0.2) is 5.67 Å². The molecule has 1 aromatic carbocycles. The van der Waals surface area contributed by atoms with Crippen molar-refractivity contribution >= 4 is 22.9 Å². The van der Waals surface area contributed by atoms with Gasteiger partial charge >= 0.3 is 0 Å². The van der Waals surface area contributed by atoms with E-state index < -0.39 is 5.67 Å². The Morgan fingerprint density at radius 2 is 1.82 bits per heavy atom. The Hall–Kier alpha value is -3.27. The molecule has 1 aliphatic carbocycles. The van der Waals surface area contributed by atoms with Gasteiger partial charge in [-0.25, -0.2) is 14.4 Å². The van der Waals surface area contributed by atoms with Crippen LogP contribution in [0.3, 0.4) is 0 Å². The third-order valence-corrected chi connectivity index (χ3v) is 8.42. The van der Waals surface area contributed by atoms with Gasteiger partial charge in [0.2, 0.25) is 5.95 Å². The number of hydrogen-bond acceptors (Lipinski definition) is 7. The van der Waals surface area contributed by atoms with E-state index in [9.17, 15) is 4.79 Å². The van der Waals surface area contributed by atoms with Crippen LogP contribution in [0.1, 0.15) is 62.1 Å². The minimum atomic E-state index is -1.81. The van der Waals surface area contributed by atoms with Crippen molar-refractivity contribution in [2.24, 2.45) is 0 Å². The molecular formula is C28H36FN7O2. The number of piperidine rings is 2. The highest BCUT2D eigenvalue weighted by Gasteiger charge is 2.45. The van der Waals surface area contributed by atoms with E-state index in [0.29, 0.717) is 38.7 Å². The number of likely N-dealkylation sites (tertiary alicyclic amines) is 2. The average molecular weight is 522 g/mol. The maximum absolute atomic E-state index is 15.9. The molecule has 0 unspecified atom stereocenters. The van der Waals surface area contributed by atoms with E-state index in [1.165, 1.54) is 12.0 Å². The third kappa shape index (κ3) is 4.93. The molecule has 0 bridgehead atoms. The zero-order valence-electron chi connectivity index (χ0n) is 22.0. The van der Waals surface area contributed by atoms with E-state index in [-0.39, 0.29) is 36.8 Å². The van der Waals surface area contributed by atoms with Crippen LogP contribution in [0.15, 0.2) is 30.6 Å². The summed E-state index contributed by atoms with van der Waals surface area (Å²) in [4.78, 5) is 30.1. The summed E-state index contributed by atoms with van der Waals surface area (Å²) in [6.45, 7) is 4.81. The van der Waals surface area contributed by atoms with Crippen LogP contribution in [0.25, 0.3) is 11.0 Å². The Balaban J connectivity index is 1.09. The number of nitrogens with zero attached hydrogens (tertiary/aromatic N) is 6. The topological polar surface area (TPSA) is 102 Å². The molecule has 4 heterocycles. The first-order chi connectivity index (χ1) is 18.4. The van der Waals surface area contributed by atoms with E-state index in [1.54, 1.807) is 17.3 Å². The van der Waals surface area contributed by atoms with E-state index >= 15 is 4.39 Å². The van der Waals surface area contributed by atoms with Gasteiger partial charge in [0.25, 0.3) is 11.9 Å². The fourth-order valence-corrected chi connectivity index (χ4v) is 5.85. The molecule has 2 N–H and O–H groups in total. The van der Waals surface area contributed by atoms with Gasteiger partial charge in [-0.2, -0.15) is 4.98 Å². The van der Waals surface area contributed by atoms with Crippen LogP contribution in [-0.2, 0) is 11.3 Å². The van der Waals surface area contributed by atoms with Crippen molar-refractivity contribution in [2.45, 2.75) is 76.2 Å². The standard InChI is InChI=1S/C28H36FN7O2/c1-19-5-6-24-23(15-19)33-27(38-22-3-2-4-22)36(24)21-7-11-35(12-8-21)25(37)28(29)9-13-34(14-10-28)18-20-16-31-26(30)32-17-20/h5-6,15-17,21-22H,2-4,7-14,18H2,1H3,(H2,30,31,32). The molecule has 3 aromatic rings. The fourth-order valence-electron chi connectivity index (χ4n) is 5.85. The van der Waals surface area contributed by atoms with E-state index in [0.717, 1.165) is 42.3 Å². The first-order valence-electron chi connectivity index (χ1n) is 13.8. The van der Waals surface area contributed by atoms with Crippen molar-refractivity contribution in [2.75, 3.05) is 31.9 Å². The molecule has 3 aliphatic rings. The lowest BCUT2D eigenvalue weighted by Gasteiger charge is -2.40. The summed E-state index contributed by atoms with van der Waals surface area (Å²) in [6.07, 6.45) is 8.87. The first-order valence-corrected chi connectivity index (χ1v) is 13.8. The number of ether oxygens (including phenoxy) is 1. The highest BCUT2D eigenvalue weighted by Crippen LogP contribution is 2.36. The number of amides is 1. The highest BCUT2D eigenvalue weighted by molar-refractivity contribution is 5.85. The first kappa shape index (κ1) is 25.0. The molecule has 38 heavy (non-hydrogen) atoms. The second-order valence-electron chi connectivity index (χ2n) is 11.1. The van der Waals surface area contributed by atoms with E-state index in [1.807, 2.05) is 0 Å². The van der Waals surface area contributed by atoms with Crippen LogP contribution in [0.2, 0.25) is 0 Å². The van der Waals surface area contributed by atoms with Gasteiger partial charge in [-0.1, -0.05) is 6.07 Å². The smallest absolute Gasteiger partial charge is 0.297 e. The Labute approximate surface area is 222 Å². The molecule has 6 rings (SSSR count). The Morgan fingerprint density at radius 3 is 2.47 bits per heavy atom. The van der Waals surface area contributed by atoms with Crippen LogP contribution < -0.4 is 10.5 Å². The lowest BCUT2D eigenvalue weighted by atomic mass is 9.90. The maximum Gasteiger partial charge on any atom is 0.297 e. The second kappa shape index (κ2) is 10.1. The minimum absolute atomic E-state index is 0.168. The predicted octanol–water partition coefficient (Wildman–Crippen LogP) is 3.82. The Kier molecular flexibility index (Phi) is 6.67. The monoisotopic (exact) mass is 521 g/mol. The molecule has 0 radical (unpaired) electrons. The van der Waals surface area contributed by atoms with Crippen molar-refractivity contribution in [3.63, 3.8) is 0 Å². The minimum Gasteiger partial charge on any atom is -0.461 e. The number of nitrogen functional groups attached to an aromatic ring is 1. The van der Waals surface area contributed by atoms with Crippen LogP contribution in [0.4, 0.5) is 10.3 Å². The second-order valence-corrected chi connectivity index (χ2v) is 11.1. The van der Waals surface area contributed by atoms with Gasteiger partial charge in [0.05, 0.1) is 11.0 Å². The zero-order chi connectivity index (χ0) is 26.3. The van der Waals surface area contributed by atoms with Gasteiger partial charge < -0.3 is 15.4 Å². The van der Waals surface area contributed by atoms with Crippen LogP contribution in [0, 0.1) is 6.92 Å². The summed E-state index contributed by atoms with van der Waals surface area (Å²) in [6, 6.07) is 7.16. The number of hydrogen-bond donors (Lipinski definition) is 1. The molecule has 10 heteroatoms.